The number of allylic oxidation sites excluding steroid dienone is 8. The van der Waals surface area contributed by atoms with E-state index in [0.717, 1.165) is 47.6 Å². The number of pyridine rings is 1. The molecule has 1 aliphatic rings. The first-order valence-corrected chi connectivity index (χ1v) is 10.9. The highest BCUT2D eigenvalue weighted by Gasteiger charge is 2.12. The van der Waals surface area contributed by atoms with Crippen LogP contribution in [0.2, 0.25) is 0 Å². The van der Waals surface area contributed by atoms with Crippen LogP contribution in [0.3, 0.4) is 0 Å². The summed E-state index contributed by atoms with van der Waals surface area (Å²) in [5, 5.41) is 0. The van der Waals surface area contributed by atoms with E-state index >= 15 is 0 Å². The molecule has 0 atom stereocenters. The van der Waals surface area contributed by atoms with E-state index in [2.05, 4.69) is 62.0 Å². The third-order valence-corrected chi connectivity index (χ3v) is 5.18. The molecule has 0 unspecified atom stereocenters. The second-order valence-corrected chi connectivity index (χ2v) is 7.52. The summed E-state index contributed by atoms with van der Waals surface area (Å²) in [6, 6.07) is 4.03. The first-order valence-electron chi connectivity index (χ1n) is 10.3. The minimum absolute atomic E-state index is 0.479. The maximum atomic E-state index is 5.81. The zero-order chi connectivity index (χ0) is 20.2. The summed E-state index contributed by atoms with van der Waals surface area (Å²) >= 11 is 4.23. The Hall–Kier alpha value is -2.00. The van der Waals surface area contributed by atoms with Crippen molar-refractivity contribution in [2.75, 3.05) is 5.75 Å². The molecule has 1 aliphatic carbocycles. The largest absolute Gasteiger partial charge is 0.494 e. The van der Waals surface area contributed by atoms with E-state index in [4.69, 9.17) is 4.74 Å². The van der Waals surface area contributed by atoms with Gasteiger partial charge in [-0.05, 0) is 47.8 Å². The number of aromatic nitrogens is 1. The van der Waals surface area contributed by atoms with Gasteiger partial charge in [-0.25, -0.2) is 0 Å². The minimum Gasteiger partial charge on any atom is -0.494 e. The number of rotatable bonds is 12. The highest BCUT2D eigenvalue weighted by Crippen LogP contribution is 2.28. The maximum Gasteiger partial charge on any atom is 0.115 e. The van der Waals surface area contributed by atoms with Crippen molar-refractivity contribution in [3.05, 3.63) is 84.0 Å². The summed E-state index contributed by atoms with van der Waals surface area (Å²) in [5.74, 6) is 1.50. The number of hydrogen-bond donors (Lipinski definition) is 1. The molecule has 1 aromatic rings. The van der Waals surface area contributed by atoms with Crippen molar-refractivity contribution >= 4 is 18.2 Å². The van der Waals surface area contributed by atoms with E-state index in [1.165, 1.54) is 36.8 Å². The van der Waals surface area contributed by atoms with Crippen molar-refractivity contribution in [2.24, 2.45) is 0 Å². The van der Waals surface area contributed by atoms with Crippen molar-refractivity contribution in [3.63, 3.8) is 0 Å². The highest BCUT2D eigenvalue weighted by atomic mass is 32.1. The zero-order valence-corrected chi connectivity index (χ0v) is 18.0. The van der Waals surface area contributed by atoms with Gasteiger partial charge >= 0.3 is 0 Å². The van der Waals surface area contributed by atoms with Crippen molar-refractivity contribution in [2.45, 2.75) is 58.5 Å². The molecule has 0 radical (unpaired) electrons. The molecule has 0 N–H and O–H groups in total. The standard InChI is InChI=1S/C25H33NOS/c1-4-6-7-8-10-22-13-15-23(14-12-21(22)5-2)25-24(11-9-17-26-25)19-27-20(3)16-18-28/h5,9,11,13-15,17,28H,2-4,6-8,10,12,16,18-19H2,1H3. The van der Waals surface area contributed by atoms with E-state index in [9.17, 15) is 0 Å². The van der Waals surface area contributed by atoms with Crippen LogP contribution in [-0.2, 0) is 11.3 Å². The number of hydrogen-bond acceptors (Lipinski definition) is 3. The predicted octanol–water partition coefficient (Wildman–Crippen LogP) is 7.23. The van der Waals surface area contributed by atoms with Gasteiger partial charge in [0.1, 0.15) is 6.61 Å². The Morgan fingerprint density at radius 2 is 2.14 bits per heavy atom. The van der Waals surface area contributed by atoms with Gasteiger partial charge < -0.3 is 4.74 Å². The summed E-state index contributed by atoms with van der Waals surface area (Å²) in [6.45, 7) is 10.7. The topological polar surface area (TPSA) is 22.1 Å². The van der Waals surface area contributed by atoms with Crippen LogP contribution in [0.1, 0.15) is 63.1 Å². The number of unbranched alkanes of at least 4 members (excludes halogenated alkanes) is 3. The van der Waals surface area contributed by atoms with Crippen molar-refractivity contribution in [1.29, 1.82) is 0 Å². The lowest BCUT2D eigenvalue weighted by Gasteiger charge is -2.12. The van der Waals surface area contributed by atoms with Gasteiger partial charge in [0.25, 0.3) is 0 Å². The van der Waals surface area contributed by atoms with E-state index < -0.39 is 0 Å². The molecule has 0 bridgehead atoms. The lowest BCUT2D eigenvalue weighted by atomic mass is 9.99. The van der Waals surface area contributed by atoms with E-state index in [1.807, 2.05) is 18.3 Å². The highest BCUT2D eigenvalue weighted by molar-refractivity contribution is 7.80. The van der Waals surface area contributed by atoms with E-state index in [1.54, 1.807) is 0 Å². The van der Waals surface area contributed by atoms with Crippen molar-refractivity contribution < 1.29 is 4.74 Å². The van der Waals surface area contributed by atoms with Gasteiger partial charge in [-0.3, -0.25) is 4.98 Å². The van der Waals surface area contributed by atoms with E-state index in [0.29, 0.717) is 6.61 Å². The van der Waals surface area contributed by atoms with Crippen molar-refractivity contribution in [1.82, 2.24) is 4.98 Å². The molecule has 28 heavy (non-hydrogen) atoms. The SMILES string of the molecule is C=CC1=C(CCCCCC)C=CC(c2ncccc2COC(=C)CCS)=CC1. The molecule has 0 saturated heterocycles. The molecule has 2 rings (SSSR count). The second-order valence-electron chi connectivity index (χ2n) is 7.07. The van der Waals surface area contributed by atoms with Gasteiger partial charge in [0, 0.05) is 18.2 Å². The molecule has 0 fully saturated rings. The molecular weight excluding hydrogens is 362 g/mol. The van der Waals surface area contributed by atoms with Crippen LogP contribution in [0.4, 0.5) is 0 Å². The van der Waals surface area contributed by atoms with Crippen LogP contribution in [0.5, 0.6) is 0 Å². The fourth-order valence-electron chi connectivity index (χ4n) is 3.28. The molecular formula is C25H33NOS. The molecule has 1 aromatic heterocycles. The summed E-state index contributed by atoms with van der Waals surface area (Å²) in [4.78, 5) is 4.64. The summed E-state index contributed by atoms with van der Waals surface area (Å²) in [7, 11) is 0. The monoisotopic (exact) mass is 395 g/mol. The lowest BCUT2D eigenvalue weighted by molar-refractivity contribution is 0.193. The Kier molecular flexibility index (Phi) is 9.92. The number of ether oxygens (including phenoxy) is 1. The average Bonchev–Trinajstić information content (AvgIpc) is 2.92. The third-order valence-electron chi connectivity index (χ3n) is 4.95. The Balaban J connectivity index is 2.13. The normalized spacial score (nSPS) is 13.9. The minimum atomic E-state index is 0.479. The Bertz CT molecular complexity index is 758. The van der Waals surface area contributed by atoms with Gasteiger partial charge in [-0.2, -0.15) is 12.6 Å². The summed E-state index contributed by atoms with van der Waals surface area (Å²) < 4.78 is 5.81. The van der Waals surface area contributed by atoms with Crippen molar-refractivity contribution in [3.8, 4) is 0 Å². The van der Waals surface area contributed by atoms with Crippen LogP contribution in [-0.4, -0.2) is 10.7 Å². The molecule has 1 heterocycles. The molecule has 150 valence electrons. The number of thiol groups is 1. The smallest absolute Gasteiger partial charge is 0.115 e. The first kappa shape index (κ1) is 22.3. The summed E-state index contributed by atoms with van der Waals surface area (Å²) in [6.07, 6.45) is 18.4. The van der Waals surface area contributed by atoms with Crippen LogP contribution in [0, 0.1) is 0 Å². The van der Waals surface area contributed by atoms with Gasteiger partial charge in [0.2, 0.25) is 0 Å². The van der Waals surface area contributed by atoms with Crippen LogP contribution in [0.15, 0.2) is 72.7 Å². The maximum absolute atomic E-state index is 5.81. The predicted molar refractivity (Wildman–Crippen MR) is 124 cm³/mol. The molecule has 0 aromatic carbocycles. The Morgan fingerprint density at radius 1 is 1.29 bits per heavy atom. The van der Waals surface area contributed by atoms with Gasteiger partial charge in [-0.15, -0.1) is 0 Å². The Labute approximate surface area is 176 Å². The quantitative estimate of drug-likeness (QED) is 0.229. The van der Waals surface area contributed by atoms with Crippen LogP contribution >= 0.6 is 12.6 Å². The summed E-state index contributed by atoms with van der Waals surface area (Å²) in [5.41, 5.74) is 5.91. The molecule has 0 amide bonds. The second kappa shape index (κ2) is 12.5. The van der Waals surface area contributed by atoms with Crippen LogP contribution < -0.4 is 0 Å². The first-order chi connectivity index (χ1) is 13.7. The molecule has 0 aliphatic heterocycles. The van der Waals surface area contributed by atoms with E-state index in [-0.39, 0.29) is 0 Å². The zero-order valence-electron chi connectivity index (χ0n) is 17.1. The molecule has 3 heteroatoms. The number of nitrogens with zero attached hydrogens (tertiary/aromatic N) is 1. The van der Waals surface area contributed by atoms with Gasteiger partial charge in [-0.1, -0.05) is 69.7 Å². The Morgan fingerprint density at radius 3 is 2.89 bits per heavy atom. The molecule has 0 spiro atoms. The average molecular weight is 396 g/mol. The fourth-order valence-corrected chi connectivity index (χ4v) is 3.53. The lowest BCUT2D eigenvalue weighted by Crippen LogP contribution is -2.00. The molecule has 2 nitrogen and oxygen atoms in total. The fraction of sp³-hybridized carbons (Fsp3) is 0.400. The van der Waals surface area contributed by atoms with Crippen LogP contribution in [0.25, 0.3) is 5.57 Å². The third kappa shape index (κ3) is 6.87. The molecule has 0 saturated carbocycles. The van der Waals surface area contributed by atoms with Gasteiger partial charge in [0.15, 0.2) is 0 Å². The van der Waals surface area contributed by atoms with Gasteiger partial charge in [0.05, 0.1) is 11.5 Å².